The smallest absolute Gasteiger partial charge is 0.440 e. The lowest BCUT2D eigenvalue weighted by atomic mass is 9.91. The molecule has 0 heterocycles. The van der Waals surface area contributed by atoms with Crippen LogP contribution in [0.15, 0.2) is 0 Å². The van der Waals surface area contributed by atoms with E-state index in [-0.39, 0.29) is 11.7 Å². The van der Waals surface area contributed by atoms with E-state index in [1.165, 1.54) is 38.5 Å². The minimum atomic E-state index is -1.12. The van der Waals surface area contributed by atoms with Gasteiger partial charge in [0.2, 0.25) is 0 Å². The number of hydrogen-bond acceptors (Lipinski definition) is 3. The molecule has 1 N–H and O–H groups in total. The van der Waals surface area contributed by atoms with E-state index in [4.69, 9.17) is 5.11 Å². The minimum Gasteiger partial charge on any atom is -0.448 e. The van der Waals surface area contributed by atoms with Gasteiger partial charge in [-0.25, -0.2) is 4.79 Å². The van der Waals surface area contributed by atoms with Crippen molar-refractivity contribution in [2.75, 3.05) is 13.3 Å². The summed E-state index contributed by atoms with van der Waals surface area (Å²) in [5.41, 5.74) is 0. The summed E-state index contributed by atoms with van der Waals surface area (Å²) >= 11 is 0. The lowest BCUT2D eigenvalue weighted by Gasteiger charge is -2.15. The first-order chi connectivity index (χ1) is 10.1. The van der Waals surface area contributed by atoms with E-state index in [1.807, 2.05) is 0 Å². The Bertz CT molecular complexity index is 246. The average molecular weight is 305 g/mol. The van der Waals surface area contributed by atoms with Gasteiger partial charge in [-0.1, -0.05) is 76.1 Å². The summed E-state index contributed by atoms with van der Waals surface area (Å²) in [5, 5.41) is 7.86. The maximum Gasteiger partial charge on any atom is 0.440 e. The summed E-state index contributed by atoms with van der Waals surface area (Å²) < 4.78 is 16.8. The van der Waals surface area contributed by atoms with Crippen LogP contribution in [0.5, 0.6) is 0 Å². The molecule has 4 nitrogen and oxygen atoms in total. The molecule has 126 valence electrons. The Morgan fingerprint density at radius 2 is 1.81 bits per heavy atom. The molecule has 5 heteroatoms. The van der Waals surface area contributed by atoms with Crippen LogP contribution in [-0.4, -0.2) is 29.7 Å². The fraction of sp³-hybridized carbons (Fsp3) is 0.938. The zero-order valence-electron chi connectivity index (χ0n) is 13.7. The predicted octanol–water partition coefficient (Wildman–Crippen LogP) is 4.82. The van der Waals surface area contributed by atoms with Crippen LogP contribution in [0.4, 0.5) is 9.28 Å². The van der Waals surface area contributed by atoms with Crippen molar-refractivity contribution in [2.45, 2.75) is 78.1 Å². The van der Waals surface area contributed by atoms with Gasteiger partial charge in [-0.2, -0.15) is 0 Å². The van der Waals surface area contributed by atoms with Gasteiger partial charge in [0.25, 0.3) is 0 Å². The third-order valence-electron chi connectivity index (χ3n) is 3.69. The van der Waals surface area contributed by atoms with E-state index in [0.29, 0.717) is 0 Å². The number of carbonyl (C=O) groups excluding carboxylic acids is 1. The second-order valence-corrected chi connectivity index (χ2v) is 5.78. The minimum absolute atomic E-state index is 0.211. The number of carbonyl (C=O) groups is 1. The van der Waals surface area contributed by atoms with E-state index in [2.05, 4.69) is 18.6 Å². The van der Waals surface area contributed by atoms with Crippen molar-refractivity contribution in [3.8, 4) is 0 Å². The maximum absolute atomic E-state index is 12.3. The van der Waals surface area contributed by atoms with Crippen molar-refractivity contribution < 1.29 is 19.1 Å². The summed E-state index contributed by atoms with van der Waals surface area (Å²) in [7, 11) is 0. The van der Waals surface area contributed by atoms with Crippen molar-refractivity contribution in [1.29, 1.82) is 0 Å². The van der Waals surface area contributed by atoms with Gasteiger partial charge >= 0.3 is 6.09 Å². The number of aliphatic hydroxyl groups excluding tert-OH is 1. The Balaban J connectivity index is 0.000000471. The molecule has 0 bridgehead atoms. The number of rotatable bonds is 7. The van der Waals surface area contributed by atoms with Crippen LogP contribution >= 0.6 is 0 Å². The Labute approximate surface area is 128 Å². The third kappa shape index (κ3) is 12.6. The molecule has 0 spiro atoms. The molecular formula is C16H32FNO3. The van der Waals surface area contributed by atoms with E-state index in [0.717, 1.165) is 31.6 Å². The monoisotopic (exact) mass is 305 g/mol. The lowest BCUT2D eigenvalue weighted by molar-refractivity contribution is -0.0430. The first-order valence-electron chi connectivity index (χ1n) is 8.32. The highest BCUT2D eigenvalue weighted by Gasteiger charge is 2.11. The average Bonchev–Trinajstić information content (AvgIpc) is 2.51. The number of halogens is 1. The zero-order chi connectivity index (χ0) is 15.9. The fourth-order valence-corrected chi connectivity index (χ4v) is 2.30. The quantitative estimate of drug-likeness (QED) is 0.417. The van der Waals surface area contributed by atoms with Gasteiger partial charge in [0.05, 0.1) is 6.61 Å². The van der Waals surface area contributed by atoms with Crippen LogP contribution in [0.25, 0.3) is 0 Å². The summed E-state index contributed by atoms with van der Waals surface area (Å²) in [6, 6.07) is 0. The molecular weight excluding hydrogens is 273 g/mol. The SMILES string of the molecule is CC1CCCCC1.CCCCCCCOC(=O)N(F)CO. The Morgan fingerprint density at radius 1 is 1.19 bits per heavy atom. The van der Waals surface area contributed by atoms with Crippen molar-refractivity contribution in [2.24, 2.45) is 5.92 Å². The zero-order valence-corrected chi connectivity index (χ0v) is 13.7. The van der Waals surface area contributed by atoms with Gasteiger partial charge in [-0.05, 0) is 12.3 Å². The predicted molar refractivity (Wildman–Crippen MR) is 82.4 cm³/mol. The second kappa shape index (κ2) is 14.1. The Kier molecular flexibility index (Phi) is 13.5. The van der Waals surface area contributed by atoms with Gasteiger partial charge in [0.15, 0.2) is 6.73 Å². The fourth-order valence-electron chi connectivity index (χ4n) is 2.30. The van der Waals surface area contributed by atoms with Gasteiger partial charge in [0.1, 0.15) is 0 Å². The summed E-state index contributed by atoms with van der Waals surface area (Å²) in [6.45, 7) is 3.72. The van der Waals surface area contributed by atoms with Crippen molar-refractivity contribution in [3.63, 3.8) is 0 Å². The highest BCUT2D eigenvalue weighted by molar-refractivity contribution is 5.65. The molecule has 0 radical (unpaired) electrons. The molecule has 1 fully saturated rings. The van der Waals surface area contributed by atoms with Gasteiger partial charge in [0, 0.05) is 0 Å². The highest BCUT2D eigenvalue weighted by Crippen LogP contribution is 2.22. The number of nitrogens with zero attached hydrogens (tertiary/aromatic N) is 1. The number of hydrogen-bond donors (Lipinski definition) is 1. The molecule has 0 atom stereocenters. The highest BCUT2D eigenvalue weighted by atomic mass is 19.2. The first-order valence-corrected chi connectivity index (χ1v) is 8.32. The summed E-state index contributed by atoms with van der Waals surface area (Å²) in [6.07, 6.45) is 11.5. The molecule has 0 aliphatic heterocycles. The molecule has 0 aromatic carbocycles. The van der Waals surface area contributed by atoms with Crippen molar-refractivity contribution >= 4 is 6.09 Å². The van der Waals surface area contributed by atoms with Crippen LogP contribution in [0.1, 0.15) is 78.1 Å². The topological polar surface area (TPSA) is 49.8 Å². The molecule has 21 heavy (non-hydrogen) atoms. The number of aliphatic hydroxyl groups is 1. The van der Waals surface area contributed by atoms with Gasteiger partial charge in [-0.15, -0.1) is 5.12 Å². The Hall–Kier alpha value is -0.840. The molecule has 1 aliphatic rings. The summed E-state index contributed by atoms with van der Waals surface area (Å²) in [4.78, 5) is 10.6. The van der Waals surface area contributed by atoms with E-state index in [1.54, 1.807) is 0 Å². The first kappa shape index (κ1) is 20.2. The third-order valence-corrected chi connectivity index (χ3v) is 3.69. The molecule has 1 aliphatic carbocycles. The van der Waals surface area contributed by atoms with Crippen LogP contribution in [0, 0.1) is 5.92 Å². The normalized spacial score (nSPS) is 15.0. The van der Waals surface area contributed by atoms with Crippen molar-refractivity contribution in [3.05, 3.63) is 0 Å². The largest absolute Gasteiger partial charge is 0.448 e. The molecule has 0 saturated heterocycles. The Morgan fingerprint density at radius 3 is 2.29 bits per heavy atom. The molecule has 0 aromatic rings. The number of amides is 1. The number of ether oxygens (including phenoxy) is 1. The van der Waals surface area contributed by atoms with Gasteiger partial charge < -0.3 is 9.84 Å². The van der Waals surface area contributed by atoms with Crippen LogP contribution in [0.3, 0.4) is 0 Å². The molecule has 1 saturated carbocycles. The summed E-state index contributed by atoms with van der Waals surface area (Å²) in [5.74, 6) is 1.04. The molecule has 1 rings (SSSR count). The molecule has 0 aromatic heterocycles. The van der Waals surface area contributed by atoms with Crippen LogP contribution < -0.4 is 0 Å². The van der Waals surface area contributed by atoms with Crippen molar-refractivity contribution in [1.82, 2.24) is 5.12 Å². The standard InChI is InChI=1S/C9H18FNO3.C7H14/c1-2-3-4-5-6-7-14-9(13)11(10)8-12;1-7-5-3-2-4-6-7/h12H,2-8H2,1H3;7H,2-6H2,1H3. The van der Waals surface area contributed by atoms with E-state index in [9.17, 15) is 9.28 Å². The molecule has 0 unspecified atom stereocenters. The molecule has 1 amide bonds. The number of unbranched alkanes of at least 4 members (excludes halogenated alkanes) is 4. The van der Waals surface area contributed by atoms with Crippen LogP contribution in [-0.2, 0) is 4.74 Å². The second-order valence-electron chi connectivity index (χ2n) is 5.78. The van der Waals surface area contributed by atoms with Crippen LogP contribution in [0.2, 0.25) is 0 Å². The van der Waals surface area contributed by atoms with E-state index < -0.39 is 12.8 Å². The lowest BCUT2D eigenvalue weighted by Crippen LogP contribution is -2.24. The van der Waals surface area contributed by atoms with E-state index >= 15 is 0 Å². The maximum atomic E-state index is 12.3. The van der Waals surface area contributed by atoms with Gasteiger partial charge in [-0.3, -0.25) is 0 Å².